The summed E-state index contributed by atoms with van der Waals surface area (Å²) in [7, 11) is 0. The zero-order valence-corrected chi connectivity index (χ0v) is 12.2. The number of benzene rings is 2. The van der Waals surface area contributed by atoms with Gasteiger partial charge in [0.1, 0.15) is 12.4 Å². The van der Waals surface area contributed by atoms with Crippen LogP contribution in [0.3, 0.4) is 0 Å². The monoisotopic (exact) mass is 281 g/mol. The minimum absolute atomic E-state index is 0.0131. The fourth-order valence-corrected chi connectivity index (χ4v) is 2.70. The Morgan fingerprint density at radius 1 is 1.14 bits per heavy atom. The van der Waals surface area contributed by atoms with E-state index in [0.717, 1.165) is 29.7 Å². The first-order chi connectivity index (χ1) is 10.3. The zero-order chi connectivity index (χ0) is 14.7. The Morgan fingerprint density at radius 2 is 1.95 bits per heavy atom. The van der Waals surface area contributed by atoms with Gasteiger partial charge in [0.15, 0.2) is 0 Å². The number of aryl methyl sites for hydroxylation is 1. The van der Waals surface area contributed by atoms with Crippen molar-refractivity contribution in [2.24, 2.45) is 0 Å². The van der Waals surface area contributed by atoms with E-state index >= 15 is 0 Å². The number of rotatable bonds is 4. The lowest BCUT2D eigenvalue weighted by atomic mass is 10.0. The van der Waals surface area contributed by atoms with E-state index in [-0.39, 0.29) is 5.91 Å². The third kappa shape index (κ3) is 2.92. The van der Waals surface area contributed by atoms with Crippen LogP contribution in [-0.4, -0.2) is 12.5 Å². The van der Waals surface area contributed by atoms with Gasteiger partial charge in [-0.1, -0.05) is 31.2 Å². The highest BCUT2D eigenvalue weighted by Gasteiger charge is 2.16. The molecule has 0 aliphatic carbocycles. The maximum atomic E-state index is 11.7. The molecule has 1 aliphatic rings. The number of carbonyl (C=O) groups excluding carboxylic acids is 1. The van der Waals surface area contributed by atoms with Crippen molar-refractivity contribution in [3.63, 3.8) is 0 Å². The Morgan fingerprint density at radius 3 is 2.76 bits per heavy atom. The van der Waals surface area contributed by atoms with Crippen LogP contribution in [0.4, 0.5) is 0 Å². The molecule has 0 radical (unpaired) electrons. The average molecular weight is 281 g/mol. The molecule has 3 heteroatoms. The average Bonchev–Trinajstić information content (AvgIpc) is 2.53. The number of carbonyl (C=O) groups is 1. The maximum absolute atomic E-state index is 11.7. The summed E-state index contributed by atoms with van der Waals surface area (Å²) < 4.78 is 5.90. The number of fused-ring (bicyclic) bond motifs is 1. The first-order valence-corrected chi connectivity index (χ1v) is 7.38. The summed E-state index contributed by atoms with van der Waals surface area (Å²) in [5.74, 6) is 0.841. The van der Waals surface area contributed by atoms with Crippen molar-refractivity contribution in [2.75, 3.05) is 6.54 Å². The van der Waals surface area contributed by atoms with Gasteiger partial charge in [0.05, 0.1) is 0 Å². The van der Waals surface area contributed by atoms with Crippen molar-refractivity contribution in [1.29, 1.82) is 0 Å². The van der Waals surface area contributed by atoms with Gasteiger partial charge >= 0.3 is 0 Å². The molecule has 0 bridgehead atoms. The molecule has 3 nitrogen and oxygen atoms in total. The smallest absolute Gasteiger partial charge is 0.251 e. The zero-order valence-electron chi connectivity index (χ0n) is 12.2. The second-order valence-electron chi connectivity index (χ2n) is 5.24. The van der Waals surface area contributed by atoms with E-state index in [4.69, 9.17) is 4.74 Å². The van der Waals surface area contributed by atoms with E-state index in [2.05, 4.69) is 30.4 Å². The highest BCUT2D eigenvalue weighted by molar-refractivity contribution is 5.96. The molecule has 2 aromatic carbocycles. The lowest BCUT2D eigenvalue weighted by Crippen LogP contribution is -2.31. The van der Waals surface area contributed by atoms with E-state index < -0.39 is 0 Å². The molecular weight excluding hydrogens is 262 g/mol. The van der Waals surface area contributed by atoms with Crippen LogP contribution in [0.25, 0.3) is 0 Å². The van der Waals surface area contributed by atoms with Crippen molar-refractivity contribution < 1.29 is 9.53 Å². The maximum Gasteiger partial charge on any atom is 0.251 e. The first kappa shape index (κ1) is 13.7. The van der Waals surface area contributed by atoms with Crippen molar-refractivity contribution >= 4 is 5.91 Å². The third-order valence-electron chi connectivity index (χ3n) is 3.89. The van der Waals surface area contributed by atoms with E-state index in [1.807, 2.05) is 24.3 Å². The Kier molecular flexibility index (Phi) is 3.91. The molecule has 21 heavy (non-hydrogen) atoms. The van der Waals surface area contributed by atoms with Gasteiger partial charge in [-0.15, -0.1) is 0 Å². The van der Waals surface area contributed by atoms with Crippen LogP contribution in [0.15, 0.2) is 42.5 Å². The number of amides is 1. The fourth-order valence-electron chi connectivity index (χ4n) is 2.70. The molecule has 1 amide bonds. The van der Waals surface area contributed by atoms with E-state index in [9.17, 15) is 4.79 Å². The van der Waals surface area contributed by atoms with E-state index in [1.165, 1.54) is 11.1 Å². The minimum Gasteiger partial charge on any atom is -0.489 e. The summed E-state index contributed by atoms with van der Waals surface area (Å²) in [5, 5.41) is 2.85. The molecule has 1 aliphatic heterocycles. The van der Waals surface area contributed by atoms with E-state index in [1.54, 1.807) is 0 Å². The predicted molar refractivity (Wildman–Crippen MR) is 82.6 cm³/mol. The molecule has 0 fully saturated rings. The van der Waals surface area contributed by atoms with Gasteiger partial charge in [-0.3, -0.25) is 4.79 Å². The minimum atomic E-state index is 0.0131. The molecule has 2 aromatic rings. The van der Waals surface area contributed by atoms with Crippen molar-refractivity contribution in [3.05, 3.63) is 64.7 Å². The van der Waals surface area contributed by atoms with Crippen LogP contribution in [0.2, 0.25) is 0 Å². The van der Waals surface area contributed by atoms with Crippen LogP contribution in [0.5, 0.6) is 5.75 Å². The molecule has 0 saturated carbocycles. The van der Waals surface area contributed by atoms with Crippen LogP contribution < -0.4 is 10.1 Å². The van der Waals surface area contributed by atoms with Crippen LogP contribution in [0.1, 0.15) is 34.0 Å². The van der Waals surface area contributed by atoms with Crippen LogP contribution in [0, 0.1) is 0 Å². The Labute approximate surface area is 124 Å². The summed E-state index contributed by atoms with van der Waals surface area (Å²) in [6.07, 6.45) is 1.87. The highest BCUT2D eigenvalue weighted by atomic mass is 16.5. The Bertz CT molecular complexity index is 664. The standard InChI is InChI=1S/C18H19NO2/c1-2-13-5-3-4-6-15(13)12-21-16-7-8-17-14(11-16)9-10-19-18(17)20/h3-8,11H,2,9-10,12H2,1H3,(H,19,20). The summed E-state index contributed by atoms with van der Waals surface area (Å²) >= 11 is 0. The third-order valence-corrected chi connectivity index (χ3v) is 3.89. The Hall–Kier alpha value is -2.29. The normalized spacial score (nSPS) is 13.5. The molecule has 3 rings (SSSR count). The number of ether oxygens (including phenoxy) is 1. The van der Waals surface area contributed by atoms with Crippen LogP contribution in [-0.2, 0) is 19.4 Å². The number of hydrogen-bond donors (Lipinski definition) is 1. The summed E-state index contributed by atoms with van der Waals surface area (Å²) in [6, 6.07) is 14.0. The van der Waals surface area contributed by atoms with Gasteiger partial charge in [-0.05, 0) is 47.7 Å². The highest BCUT2D eigenvalue weighted by Crippen LogP contribution is 2.22. The molecule has 0 atom stereocenters. The van der Waals surface area contributed by atoms with Crippen LogP contribution >= 0.6 is 0 Å². The van der Waals surface area contributed by atoms with Gasteiger partial charge in [0, 0.05) is 12.1 Å². The molecule has 108 valence electrons. The first-order valence-electron chi connectivity index (χ1n) is 7.38. The second kappa shape index (κ2) is 6.00. The summed E-state index contributed by atoms with van der Waals surface area (Å²) in [4.78, 5) is 11.7. The predicted octanol–water partition coefficient (Wildman–Crippen LogP) is 3.11. The lowest BCUT2D eigenvalue weighted by molar-refractivity contribution is 0.0946. The SMILES string of the molecule is CCc1ccccc1COc1ccc2c(c1)CCNC2=O. The topological polar surface area (TPSA) is 38.3 Å². The van der Waals surface area contributed by atoms with Gasteiger partial charge in [-0.25, -0.2) is 0 Å². The van der Waals surface area contributed by atoms with Crippen molar-refractivity contribution in [1.82, 2.24) is 5.32 Å². The van der Waals surface area contributed by atoms with E-state index in [0.29, 0.717) is 13.2 Å². The second-order valence-corrected chi connectivity index (χ2v) is 5.24. The molecule has 0 spiro atoms. The molecular formula is C18H19NO2. The molecule has 1 heterocycles. The summed E-state index contributed by atoms with van der Waals surface area (Å²) in [6.45, 7) is 3.42. The van der Waals surface area contributed by atoms with Crippen molar-refractivity contribution in [2.45, 2.75) is 26.4 Å². The number of hydrogen-bond acceptors (Lipinski definition) is 2. The fraction of sp³-hybridized carbons (Fsp3) is 0.278. The molecule has 0 saturated heterocycles. The number of nitrogens with one attached hydrogen (secondary N) is 1. The van der Waals surface area contributed by atoms with Gasteiger partial charge in [0.2, 0.25) is 0 Å². The largest absolute Gasteiger partial charge is 0.489 e. The molecule has 0 unspecified atom stereocenters. The molecule has 0 aromatic heterocycles. The van der Waals surface area contributed by atoms with Gasteiger partial charge < -0.3 is 10.1 Å². The van der Waals surface area contributed by atoms with Crippen molar-refractivity contribution in [3.8, 4) is 5.75 Å². The Balaban J connectivity index is 1.75. The quantitative estimate of drug-likeness (QED) is 0.935. The van der Waals surface area contributed by atoms with Gasteiger partial charge in [-0.2, -0.15) is 0 Å². The molecule has 1 N–H and O–H groups in total. The lowest BCUT2D eigenvalue weighted by Gasteiger charge is -2.17. The van der Waals surface area contributed by atoms with Gasteiger partial charge in [0.25, 0.3) is 5.91 Å². The summed E-state index contributed by atoms with van der Waals surface area (Å²) in [5.41, 5.74) is 4.37.